The molecule has 0 radical (unpaired) electrons. The number of aromatic amines is 1. The van der Waals surface area contributed by atoms with Crippen LogP contribution in [0.15, 0.2) is 12.1 Å². The number of nitrogens with one attached hydrogen (secondary N) is 1. The SMILES string of the molecule is CC[C@H]1CC2(O)CN3CCc4c([nH]c5cc(OC)c(OC)cc45)[C@](C(=O)OC)(C2)[C@H]13. The van der Waals surface area contributed by atoms with Crippen molar-refractivity contribution in [1.82, 2.24) is 9.88 Å². The van der Waals surface area contributed by atoms with Crippen LogP contribution in [-0.4, -0.2) is 67.0 Å². The van der Waals surface area contributed by atoms with Gasteiger partial charge >= 0.3 is 5.97 Å². The van der Waals surface area contributed by atoms with Gasteiger partial charge in [-0.25, -0.2) is 0 Å². The van der Waals surface area contributed by atoms with E-state index in [-0.39, 0.29) is 17.9 Å². The Kier molecular flexibility index (Phi) is 4.35. The Labute approximate surface area is 176 Å². The molecule has 1 saturated carbocycles. The molecule has 162 valence electrons. The predicted octanol–water partition coefficient (Wildman–Crippen LogP) is 2.39. The zero-order valence-electron chi connectivity index (χ0n) is 18.1. The normalized spacial score (nSPS) is 34.4. The number of H-pyrrole nitrogens is 1. The van der Waals surface area contributed by atoms with Crippen molar-refractivity contribution in [1.29, 1.82) is 0 Å². The number of fused-ring (bicyclic) bond motifs is 4. The molecule has 3 fully saturated rings. The van der Waals surface area contributed by atoms with Crippen LogP contribution in [0, 0.1) is 5.92 Å². The first-order chi connectivity index (χ1) is 14.4. The highest BCUT2D eigenvalue weighted by molar-refractivity contribution is 5.93. The van der Waals surface area contributed by atoms with Crippen LogP contribution in [-0.2, 0) is 21.4 Å². The lowest BCUT2D eigenvalue weighted by Gasteiger charge is -2.61. The van der Waals surface area contributed by atoms with Gasteiger partial charge in [-0.2, -0.15) is 0 Å². The summed E-state index contributed by atoms with van der Waals surface area (Å²) >= 11 is 0. The maximum Gasteiger partial charge on any atom is 0.319 e. The van der Waals surface area contributed by atoms with Crippen molar-refractivity contribution in [3.05, 3.63) is 23.4 Å². The van der Waals surface area contributed by atoms with Gasteiger partial charge in [-0.1, -0.05) is 13.3 Å². The monoisotopic (exact) mass is 414 g/mol. The van der Waals surface area contributed by atoms with E-state index < -0.39 is 11.0 Å². The van der Waals surface area contributed by atoms with Crippen LogP contribution < -0.4 is 9.47 Å². The van der Waals surface area contributed by atoms with Crippen molar-refractivity contribution in [2.75, 3.05) is 34.4 Å². The Hall–Kier alpha value is -2.25. The first-order valence-corrected chi connectivity index (χ1v) is 10.7. The van der Waals surface area contributed by atoms with E-state index >= 15 is 0 Å². The minimum absolute atomic E-state index is 0.0158. The number of hydrogen-bond donors (Lipinski definition) is 2. The number of piperidine rings is 2. The van der Waals surface area contributed by atoms with Gasteiger partial charge < -0.3 is 24.3 Å². The second-order valence-electron chi connectivity index (χ2n) is 9.13. The van der Waals surface area contributed by atoms with E-state index in [0.29, 0.717) is 24.5 Å². The summed E-state index contributed by atoms with van der Waals surface area (Å²) in [7, 11) is 4.70. The molecule has 2 saturated heterocycles. The standard InChI is InChI=1S/C23H30N2O5/c1-5-13-10-22(27)11-23(21(26)30-4)19-14(6-7-25(12-22)20(13)23)15-8-17(28-2)18(29-3)9-16(15)24-19/h8-9,13,20,24,27H,5-7,10-12H2,1-4H3/t13-,20-,22?,23+/m0/s1. The van der Waals surface area contributed by atoms with Crippen LogP contribution in [0.1, 0.15) is 37.4 Å². The lowest BCUT2D eigenvalue weighted by molar-refractivity contribution is -0.188. The molecule has 2 unspecified atom stereocenters. The second-order valence-corrected chi connectivity index (χ2v) is 9.13. The van der Waals surface area contributed by atoms with Crippen LogP contribution in [0.25, 0.3) is 10.9 Å². The average molecular weight is 415 g/mol. The lowest BCUT2D eigenvalue weighted by atomic mass is 9.54. The molecule has 4 aliphatic rings. The molecule has 2 N–H and O–H groups in total. The molecule has 0 spiro atoms. The number of ether oxygens (including phenoxy) is 3. The Morgan fingerprint density at radius 1 is 1.27 bits per heavy atom. The van der Waals surface area contributed by atoms with Crippen LogP contribution in [0.5, 0.6) is 11.5 Å². The largest absolute Gasteiger partial charge is 0.493 e. The zero-order valence-corrected chi connectivity index (χ0v) is 18.1. The molecular formula is C23H30N2O5. The highest BCUT2D eigenvalue weighted by atomic mass is 16.5. The fraction of sp³-hybridized carbons (Fsp3) is 0.609. The smallest absolute Gasteiger partial charge is 0.319 e. The molecule has 1 aromatic heterocycles. The topological polar surface area (TPSA) is 84.0 Å². The summed E-state index contributed by atoms with van der Waals surface area (Å²) in [6.45, 7) is 3.57. The fourth-order valence-corrected chi connectivity index (χ4v) is 6.68. The first-order valence-electron chi connectivity index (χ1n) is 10.7. The Morgan fingerprint density at radius 3 is 2.67 bits per heavy atom. The number of benzene rings is 1. The molecule has 4 bridgehead atoms. The lowest BCUT2D eigenvalue weighted by Crippen LogP contribution is -2.73. The van der Waals surface area contributed by atoms with Crippen molar-refractivity contribution in [3.8, 4) is 11.5 Å². The summed E-state index contributed by atoms with van der Waals surface area (Å²) in [6, 6.07) is 3.93. The van der Waals surface area contributed by atoms with Crippen molar-refractivity contribution in [3.63, 3.8) is 0 Å². The van der Waals surface area contributed by atoms with Crippen molar-refractivity contribution in [2.45, 2.75) is 49.7 Å². The predicted molar refractivity (Wildman–Crippen MR) is 112 cm³/mol. The molecule has 2 aromatic rings. The number of methoxy groups -OCH3 is 3. The Bertz CT molecular complexity index is 1020. The van der Waals surface area contributed by atoms with E-state index in [0.717, 1.165) is 48.0 Å². The fourth-order valence-electron chi connectivity index (χ4n) is 6.68. The van der Waals surface area contributed by atoms with Crippen LogP contribution in [0.4, 0.5) is 0 Å². The third-order valence-electron chi connectivity index (χ3n) is 7.67. The first kappa shape index (κ1) is 19.7. The quantitative estimate of drug-likeness (QED) is 0.748. The van der Waals surface area contributed by atoms with Gasteiger partial charge in [-0.3, -0.25) is 9.69 Å². The van der Waals surface area contributed by atoms with E-state index in [9.17, 15) is 9.90 Å². The summed E-state index contributed by atoms with van der Waals surface area (Å²) in [5.41, 5.74) is 1.12. The van der Waals surface area contributed by atoms with E-state index in [4.69, 9.17) is 14.2 Å². The van der Waals surface area contributed by atoms with E-state index in [2.05, 4.69) is 16.8 Å². The van der Waals surface area contributed by atoms with Gasteiger partial charge in [0.15, 0.2) is 11.5 Å². The molecule has 1 aliphatic carbocycles. The molecule has 30 heavy (non-hydrogen) atoms. The summed E-state index contributed by atoms with van der Waals surface area (Å²) in [6.07, 6.45) is 2.84. The Balaban J connectivity index is 1.81. The third kappa shape index (κ3) is 2.42. The maximum absolute atomic E-state index is 13.5. The molecule has 6 rings (SSSR count). The summed E-state index contributed by atoms with van der Waals surface area (Å²) < 4.78 is 16.4. The summed E-state index contributed by atoms with van der Waals surface area (Å²) in [5, 5.41) is 12.6. The van der Waals surface area contributed by atoms with E-state index in [1.165, 1.54) is 7.11 Å². The highest BCUT2D eigenvalue weighted by Crippen LogP contribution is 2.57. The number of carbonyl (C=O) groups is 1. The number of carbonyl (C=O) groups excluding carboxylic acids is 1. The van der Waals surface area contributed by atoms with Crippen molar-refractivity contribution >= 4 is 16.9 Å². The molecule has 0 amide bonds. The second kappa shape index (κ2) is 6.62. The van der Waals surface area contributed by atoms with Crippen LogP contribution in [0.2, 0.25) is 0 Å². The number of esters is 1. The highest BCUT2D eigenvalue weighted by Gasteiger charge is 2.67. The molecule has 7 heteroatoms. The molecule has 1 aromatic carbocycles. The number of hydrogen-bond acceptors (Lipinski definition) is 6. The van der Waals surface area contributed by atoms with Crippen molar-refractivity contribution < 1.29 is 24.1 Å². The van der Waals surface area contributed by atoms with Crippen LogP contribution >= 0.6 is 0 Å². The Morgan fingerprint density at radius 2 is 2.00 bits per heavy atom. The molecule has 5 atom stereocenters. The average Bonchev–Trinajstić information content (AvgIpc) is 3.07. The van der Waals surface area contributed by atoms with Gasteiger partial charge in [-0.05, 0) is 30.4 Å². The number of aromatic nitrogens is 1. The van der Waals surface area contributed by atoms with Gasteiger partial charge in [-0.15, -0.1) is 0 Å². The third-order valence-corrected chi connectivity index (χ3v) is 7.67. The number of rotatable bonds is 4. The number of nitrogens with zero attached hydrogens (tertiary/aromatic N) is 1. The van der Waals surface area contributed by atoms with Gasteiger partial charge in [0.2, 0.25) is 0 Å². The van der Waals surface area contributed by atoms with E-state index in [1.54, 1.807) is 14.2 Å². The van der Waals surface area contributed by atoms with Crippen molar-refractivity contribution in [2.24, 2.45) is 5.92 Å². The molecular weight excluding hydrogens is 384 g/mol. The van der Waals surface area contributed by atoms with Gasteiger partial charge in [0.25, 0.3) is 0 Å². The number of aliphatic hydroxyl groups is 1. The van der Waals surface area contributed by atoms with Gasteiger partial charge in [0.1, 0.15) is 5.41 Å². The minimum Gasteiger partial charge on any atom is -0.493 e. The van der Waals surface area contributed by atoms with E-state index in [1.807, 2.05) is 12.1 Å². The molecule has 3 aliphatic heterocycles. The van der Waals surface area contributed by atoms with Gasteiger partial charge in [0.05, 0.1) is 26.9 Å². The zero-order chi connectivity index (χ0) is 21.3. The summed E-state index contributed by atoms with van der Waals surface area (Å²) in [4.78, 5) is 19.4. The molecule has 4 heterocycles. The minimum atomic E-state index is -0.911. The maximum atomic E-state index is 13.5. The molecule has 7 nitrogen and oxygen atoms in total. The van der Waals surface area contributed by atoms with Gasteiger partial charge in [0, 0.05) is 48.2 Å². The van der Waals surface area contributed by atoms with Crippen LogP contribution in [0.3, 0.4) is 0 Å². The summed E-state index contributed by atoms with van der Waals surface area (Å²) in [5.74, 6) is 1.28.